The topological polar surface area (TPSA) is 137 Å². The van der Waals surface area contributed by atoms with Crippen molar-refractivity contribution >= 4 is 65.9 Å². The number of fused-ring (bicyclic) bond motifs is 1. The number of ketones is 1. The number of carbonyl (C=O) groups is 3. The van der Waals surface area contributed by atoms with Crippen LogP contribution in [0.2, 0.25) is 10.0 Å². The number of Topliss-reactive ketones (excluding diaryl/α,β-unsaturated/α-hetero) is 1. The van der Waals surface area contributed by atoms with E-state index in [-0.39, 0.29) is 60.0 Å². The van der Waals surface area contributed by atoms with Crippen LogP contribution >= 0.6 is 36.7 Å². The van der Waals surface area contributed by atoms with E-state index >= 15 is 0 Å². The van der Waals surface area contributed by atoms with Gasteiger partial charge in [0.2, 0.25) is 0 Å². The Morgan fingerprint density at radius 1 is 1.00 bits per heavy atom. The highest BCUT2D eigenvalue weighted by Gasteiger charge is 2.25. The highest BCUT2D eigenvalue weighted by molar-refractivity contribution is 7.59. The summed E-state index contributed by atoms with van der Waals surface area (Å²) in [7, 11) is 0. The summed E-state index contributed by atoms with van der Waals surface area (Å²) in [5.41, 5.74) is 10.3. The number of amides is 1. The van der Waals surface area contributed by atoms with Gasteiger partial charge in [0.25, 0.3) is 5.91 Å². The zero-order valence-electron chi connectivity index (χ0n) is 23.0. The van der Waals surface area contributed by atoms with E-state index in [1.54, 1.807) is 12.1 Å². The minimum absolute atomic E-state index is 0. The Kier molecular flexibility index (Phi) is 11.8. The van der Waals surface area contributed by atoms with Crippen molar-refractivity contribution in [2.45, 2.75) is 44.6 Å². The standard InChI is InChI=1S/C31H32Cl2N4O4.H2S/c32-24-17-22(20-5-2-1-3-6-20)18-25(33)29(24)30(39)36-26(31(40)41)11-10-23(38)12-14-37-13-4-7-21-9-8-19(15-27(21)37)16-28(34)35;/h1-3,5-6,8-9,15,17-18,26H,4,7,10-14,16H2,(H3,34,35)(H,36,39)(H,40,41);1H2/t26-;/m0./s1. The number of rotatable bonds is 12. The van der Waals surface area contributed by atoms with Gasteiger partial charge in [-0.25, -0.2) is 4.79 Å². The highest BCUT2D eigenvalue weighted by atomic mass is 35.5. The highest BCUT2D eigenvalue weighted by Crippen LogP contribution is 2.32. The maximum atomic E-state index is 13.0. The van der Waals surface area contributed by atoms with Crippen molar-refractivity contribution in [1.29, 1.82) is 5.41 Å². The van der Waals surface area contributed by atoms with Gasteiger partial charge < -0.3 is 21.1 Å². The summed E-state index contributed by atoms with van der Waals surface area (Å²) in [5, 5.41) is 20.0. The molecule has 11 heteroatoms. The van der Waals surface area contributed by atoms with Crippen molar-refractivity contribution < 1.29 is 19.5 Å². The van der Waals surface area contributed by atoms with Crippen LogP contribution in [-0.4, -0.2) is 47.7 Å². The molecule has 8 nitrogen and oxygen atoms in total. The molecular weight excluding hydrogens is 595 g/mol. The Bertz CT molecular complexity index is 1450. The predicted octanol–water partition coefficient (Wildman–Crippen LogP) is 5.63. The normalized spacial score (nSPS) is 13.0. The molecule has 0 saturated heterocycles. The summed E-state index contributed by atoms with van der Waals surface area (Å²) in [6.45, 7) is 1.31. The molecule has 4 rings (SSSR count). The van der Waals surface area contributed by atoms with E-state index in [4.69, 9.17) is 34.3 Å². The van der Waals surface area contributed by atoms with Gasteiger partial charge in [0.05, 0.1) is 21.4 Å². The van der Waals surface area contributed by atoms with Crippen LogP contribution in [0.15, 0.2) is 60.7 Å². The summed E-state index contributed by atoms with van der Waals surface area (Å²) < 4.78 is 0. The average Bonchev–Trinajstić information content (AvgIpc) is 2.93. The fourth-order valence-electron chi connectivity index (χ4n) is 5.02. The van der Waals surface area contributed by atoms with Gasteiger partial charge in [0.1, 0.15) is 11.8 Å². The number of hydrogen-bond acceptors (Lipinski definition) is 5. The first-order valence-electron chi connectivity index (χ1n) is 13.4. The monoisotopic (exact) mass is 628 g/mol. The van der Waals surface area contributed by atoms with E-state index in [1.165, 1.54) is 5.56 Å². The third-order valence-electron chi connectivity index (χ3n) is 7.11. The molecular formula is C31H34Cl2N4O4S. The summed E-state index contributed by atoms with van der Waals surface area (Å²) in [4.78, 5) is 39.8. The third-order valence-corrected chi connectivity index (χ3v) is 7.71. The van der Waals surface area contributed by atoms with Gasteiger partial charge in [-0.15, -0.1) is 0 Å². The van der Waals surface area contributed by atoms with E-state index in [9.17, 15) is 19.5 Å². The number of aliphatic carboxylic acids is 1. The molecule has 3 aromatic carbocycles. The number of anilines is 1. The Balaban J connectivity index is 0.00000484. The van der Waals surface area contributed by atoms with Crippen LogP contribution in [0.25, 0.3) is 11.1 Å². The average molecular weight is 630 g/mol. The number of amidine groups is 1. The number of carboxylic acid groups (broad SMARTS) is 1. The molecule has 1 aliphatic heterocycles. The van der Waals surface area contributed by atoms with Crippen LogP contribution in [0.4, 0.5) is 5.69 Å². The fraction of sp³-hybridized carbons (Fsp3) is 0.290. The molecule has 0 aromatic heterocycles. The van der Waals surface area contributed by atoms with E-state index in [2.05, 4.69) is 16.3 Å². The first-order chi connectivity index (χ1) is 19.6. The SMILES string of the molecule is N=C(N)Cc1ccc2c(c1)N(CCC(=O)CC[C@H](NC(=O)c1c(Cl)cc(-c3ccccc3)cc1Cl)C(=O)O)CCC2.S. The molecule has 0 fully saturated rings. The number of carboxylic acids is 1. The molecule has 1 amide bonds. The third kappa shape index (κ3) is 8.50. The van der Waals surface area contributed by atoms with Crippen molar-refractivity contribution in [2.24, 2.45) is 5.73 Å². The summed E-state index contributed by atoms with van der Waals surface area (Å²) in [6, 6.07) is 17.4. The first kappa shape index (κ1) is 33.0. The Labute approximate surface area is 262 Å². The molecule has 0 unspecified atom stereocenters. The zero-order valence-corrected chi connectivity index (χ0v) is 25.5. The molecule has 0 spiro atoms. The summed E-state index contributed by atoms with van der Waals surface area (Å²) in [6.07, 6.45) is 2.47. The van der Waals surface area contributed by atoms with Crippen LogP contribution in [0.3, 0.4) is 0 Å². The number of benzene rings is 3. The van der Waals surface area contributed by atoms with Gasteiger partial charge in [0, 0.05) is 38.0 Å². The van der Waals surface area contributed by atoms with Crippen molar-refractivity contribution in [1.82, 2.24) is 5.32 Å². The number of nitrogens with two attached hydrogens (primary N) is 1. The molecule has 1 heterocycles. The molecule has 222 valence electrons. The molecule has 3 aromatic rings. The quantitative estimate of drug-likeness (QED) is 0.152. The second-order valence-corrected chi connectivity index (χ2v) is 10.9. The fourth-order valence-corrected chi connectivity index (χ4v) is 5.68. The number of aryl methyl sites for hydroxylation is 1. The maximum Gasteiger partial charge on any atom is 0.326 e. The molecule has 1 aliphatic rings. The van der Waals surface area contributed by atoms with Crippen LogP contribution < -0.4 is 16.0 Å². The minimum Gasteiger partial charge on any atom is -0.480 e. The molecule has 0 saturated carbocycles. The predicted molar refractivity (Wildman–Crippen MR) is 173 cm³/mol. The van der Waals surface area contributed by atoms with E-state index in [0.717, 1.165) is 41.8 Å². The number of carbonyl (C=O) groups excluding carboxylic acids is 2. The second-order valence-electron chi connectivity index (χ2n) is 10.1. The van der Waals surface area contributed by atoms with Crippen molar-refractivity contribution in [3.05, 3.63) is 87.4 Å². The van der Waals surface area contributed by atoms with Crippen molar-refractivity contribution in [2.75, 3.05) is 18.0 Å². The first-order valence-corrected chi connectivity index (χ1v) is 14.2. The molecule has 0 aliphatic carbocycles. The summed E-state index contributed by atoms with van der Waals surface area (Å²) in [5.74, 6) is -1.97. The maximum absolute atomic E-state index is 13.0. The lowest BCUT2D eigenvalue weighted by Gasteiger charge is -2.31. The zero-order chi connectivity index (χ0) is 29.5. The van der Waals surface area contributed by atoms with E-state index in [0.29, 0.717) is 13.0 Å². The van der Waals surface area contributed by atoms with Crippen LogP contribution in [0, 0.1) is 5.41 Å². The van der Waals surface area contributed by atoms with Gasteiger partial charge in [-0.2, -0.15) is 13.5 Å². The van der Waals surface area contributed by atoms with Crippen LogP contribution in [0.5, 0.6) is 0 Å². The van der Waals surface area contributed by atoms with Crippen LogP contribution in [0.1, 0.15) is 47.2 Å². The van der Waals surface area contributed by atoms with Gasteiger partial charge >= 0.3 is 5.97 Å². The van der Waals surface area contributed by atoms with Crippen molar-refractivity contribution in [3.63, 3.8) is 0 Å². The number of hydrogen-bond donors (Lipinski definition) is 4. The number of halogens is 2. The largest absolute Gasteiger partial charge is 0.480 e. The lowest BCUT2D eigenvalue weighted by Crippen LogP contribution is -2.41. The minimum atomic E-state index is -1.28. The van der Waals surface area contributed by atoms with Gasteiger partial charge in [-0.1, -0.05) is 65.7 Å². The van der Waals surface area contributed by atoms with Crippen molar-refractivity contribution in [3.8, 4) is 11.1 Å². The van der Waals surface area contributed by atoms with E-state index in [1.807, 2.05) is 42.5 Å². The summed E-state index contributed by atoms with van der Waals surface area (Å²) >= 11 is 12.8. The molecule has 0 radical (unpaired) electrons. The number of nitrogens with one attached hydrogen (secondary N) is 2. The van der Waals surface area contributed by atoms with Gasteiger partial charge in [-0.05, 0) is 59.7 Å². The van der Waals surface area contributed by atoms with Gasteiger partial charge in [0.15, 0.2) is 0 Å². The lowest BCUT2D eigenvalue weighted by molar-refractivity contribution is -0.139. The van der Waals surface area contributed by atoms with Crippen LogP contribution in [-0.2, 0) is 22.4 Å². The number of nitrogens with zero attached hydrogens (tertiary/aromatic N) is 1. The second kappa shape index (κ2) is 15.1. The lowest BCUT2D eigenvalue weighted by atomic mass is 9.97. The Morgan fingerprint density at radius 3 is 2.33 bits per heavy atom. The van der Waals surface area contributed by atoms with Gasteiger partial charge in [-0.3, -0.25) is 15.0 Å². The molecule has 5 N–H and O–H groups in total. The Morgan fingerprint density at radius 2 is 1.69 bits per heavy atom. The molecule has 42 heavy (non-hydrogen) atoms. The molecule has 0 bridgehead atoms. The van der Waals surface area contributed by atoms with E-state index < -0.39 is 17.9 Å². The Hall–Kier alpha value is -3.53. The smallest absolute Gasteiger partial charge is 0.326 e. The molecule has 1 atom stereocenters.